The molecule has 92 valence electrons. The molecule has 0 radical (unpaired) electrons. The molecule has 17 heavy (non-hydrogen) atoms. The molecule has 0 aromatic carbocycles. The zero-order valence-electron chi connectivity index (χ0n) is 10.6. The summed E-state index contributed by atoms with van der Waals surface area (Å²) in [6, 6.07) is 2.51. The molecular formula is C12H19N5. The molecule has 0 amide bonds. The SMILES string of the molecule is Cc1cc(CNC(C)Cn2ccnc2)n(C)n1. The van der Waals surface area contributed by atoms with E-state index in [9.17, 15) is 0 Å². The fourth-order valence-corrected chi connectivity index (χ4v) is 1.88. The Kier molecular flexibility index (Phi) is 3.58. The third-order valence-electron chi connectivity index (χ3n) is 2.77. The summed E-state index contributed by atoms with van der Waals surface area (Å²) >= 11 is 0. The van der Waals surface area contributed by atoms with E-state index >= 15 is 0 Å². The summed E-state index contributed by atoms with van der Waals surface area (Å²) in [6.07, 6.45) is 5.62. The molecule has 0 saturated heterocycles. The molecule has 1 atom stereocenters. The highest BCUT2D eigenvalue weighted by atomic mass is 15.3. The van der Waals surface area contributed by atoms with Crippen molar-refractivity contribution in [2.45, 2.75) is 33.0 Å². The van der Waals surface area contributed by atoms with Crippen LogP contribution in [0.1, 0.15) is 18.3 Å². The fraction of sp³-hybridized carbons (Fsp3) is 0.500. The van der Waals surface area contributed by atoms with Gasteiger partial charge in [-0.15, -0.1) is 0 Å². The van der Waals surface area contributed by atoms with Gasteiger partial charge in [0.15, 0.2) is 0 Å². The molecule has 2 aromatic heterocycles. The lowest BCUT2D eigenvalue weighted by Crippen LogP contribution is -2.30. The van der Waals surface area contributed by atoms with E-state index in [1.165, 1.54) is 5.69 Å². The topological polar surface area (TPSA) is 47.7 Å². The van der Waals surface area contributed by atoms with Gasteiger partial charge in [0, 0.05) is 38.6 Å². The van der Waals surface area contributed by atoms with Gasteiger partial charge in [0.1, 0.15) is 0 Å². The van der Waals surface area contributed by atoms with E-state index in [1.54, 1.807) is 6.20 Å². The summed E-state index contributed by atoms with van der Waals surface area (Å²) in [6.45, 7) is 5.95. The highest BCUT2D eigenvalue weighted by Crippen LogP contribution is 2.02. The number of rotatable bonds is 5. The van der Waals surface area contributed by atoms with Crippen LogP contribution >= 0.6 is 0 Å². The minimum absolute atomic E-state index is 0.402. The van der Waals surface area contributed by atoms with Crippen LogP contribution in [0.2, 0.25) is 0 Å². The molecule has 0 spiro atoms. The van der Waals surface area contributed by atoms with Gasteiger partial charge in [-0.2, -0.15) is 5.10 Å². The maximum atomic E-state index is 4.33. The van der Waals surface area contributed by atoms with E-state index in [0.717, 1.165) is 18.8 Å². The highest BCUT2D eigenvalue weighted by Gasteiger charge is 2.05. The quantitative estimate of drug-likeness (QED) is 0.841. The maximum absolute atomic E-state index is 4.33. The van der Waals surface area contributed by atoms with Gasteiger partial charge < -0.3 is 9.88 Å². The molecule has 0 fully saturated rings. The Morgan fingerprint density at radius 1 is 1.47 bits per heavy atom. The number of hydrogen-bond acceptors (Lipinski definition) is 3. The molecular weight excluding hydrogens is 214 g/mol. The van der Waals surface area contributed by atoms with Crippen LogP contribution in [0.5, 0.6) is 0 Å². The van der Waals surface area contributed by atoms with Crippen LogP contribution in [0.15, 0.2) is 24.8 Å². The molecule has 2 heterocycles. The summed E-state index contributed by atoms with van der Waals surface area (Å²) in [5.74, 6) is 0. The Morgan fingerprint density at radius 3 is 2.88 bits per heavy atom. The second-order valence-electron chi connectivity index (χ2n) is 4.44. The number of aromatic nitrogens is 4. The molecule has 0 aliphatic rings. The molecule has 0 aliphatic heterocycles. The summed E-state index contributed by atoms with van der Waals surface area (Å²) < 4.78 is 4.00. The third kappa shape index (κ3) is 3.17. The molecule has 2 rings (SSSR count). The second-order valence-corrected chi connectivity index (χ2v) is 4.44. The van der Waals surface area contributed by atoms with Gasteiger partial charge in [-0.3, -0.25) is 4.68 Å². The average Bonchev–Trinajstić information content (AvgIpc) is 2.86. The van der Waals surface area contributed by atoms with Crippen molar-refractivity contribution in [1.82, 2.24) is 24.6 Å². The van der Waals surface area contributed by atoms with Crippen molar-refractivity contribution in [3.05, 3.63) is 36.2 Å². The minimum atomic E-state index is 0.402. The van der Waals surface area contributed by atoms with Gasteiger partial charge in [0.2, 0.25) is 0 Å². The van der Waals surface area contributed by atoms with Gasteiger partial charge >= 0.3 is 0 Å². The molecule has 1 unspecified atom stereocenters. The molecule has 2 aromatic rings. The lowest BCUT2D eigenvalue weighted by Gasteiger charge is -2.14. The average molecular weight is 233 g/mol. The molecule has 5 heteroatoms. The predicted octanol–water partition coefficient (Wildman–Crippen LogP) is 1.10. The van der Waals surface area contributed by atoms with Crippen molar-refractivity contribution in [2.75, 3.05) is 0 Å². The lowest BCUT2D eigenvalue weighted by atomic mass is 10.3. The maximum Gasteiger partial charge on any atom is 0.0946 e. The Morgan fingerprint density at radius 2 is 2.29 bits per heavy atom. The Balaban J connectivity index is 1.84. The number of aryl methyl sites for hydroxylation is 2. The predicted molar refractivity (Wildman–Crippen MR) is 66.5 cm³/mol. The van der Waals surface area contributed by atoms with Crippen LogP contribution in [0.25, 0.3) is 0 Å². The molecule has 1 N–H and O–H groups in total. The van der Waals surface area contributed by atoms with Crippen molar-refractivity contribution >= 4 is 0 Å². The lowest BCUT2D eigenvalue weighted by molar-refractivity contribution is 0.466. The van der Waals surface area contributed by atoms with Crippen LogP contribution in [-0.2, 0) is 20.1 Å². The van der Waals surface area contributed by atoms with E-state index < -0.39 is 0 Å². The van der Waals surface area contributed by atoms with Gasteiger partial charge in [0.05, 0.1) is 17.7 Å². The minimum Gasteiger partial charge on any atom is -0.336 e. The third-order valence-corrected chi connectivity index (χ3v) is 2.77. The van der Waals surface area contributed by atoms with Gasteiger partial charge in [-0.05, 0) is 19.9 Å². The summed E-state index contributed by atoms with van der Waals surface area (Å²) in [7, 11) is 1.98. The zero-order valence-corrected chi connectivity index (χ0v) is 10.6. The standard InChI is InChI=1S/C12H19N5/c1-10-6-12(16(3)15-10)7-14-11(2)8-17-5-4-13-9-17/h4-6,9,11,14H,7-8H2,1-3H3. The Hall–Kier alpha value is -1.62. The molecule has 0 bridgehead atoms. The summed E-state index contributed by atoms with van der Waals surface area (Å²) in [5.41, 5.74) is 2.27. The first-order valence-electron chi connectivity index (χ1n) is 5.84. The van der Waals surface area contributed by atoms with E-state index in [2.05, 4.69) is 33.0 Å². The van der Waals surface area contributed by atoms with Crippen molar-refractivity contribution in [3.8, 4) is 0 Å². The van der Waals surface area contributed by atoms with E-state index in [1.807, 2.05) is 31.2 Å². The number of nitrogens with one attached hydrogen (secondary N) is 1. The number of nitrogens with zero attached hydrogens (tertiary/aromatic N) is 4. The molecule has 0 aliphatic carbocycles. The van der Waals surface area contributed by atoms with E-state index in [4.69, 9.17) is 0 Å². The Bertz CT molecular complexity index is 457. The normalized spacial score (nSPS) is 12.9. The van der Waals surface area contributed by atoms with E-state index in [0.29, 0.717) is 6.04 Å². The Labute approximate surface area is 101 Å². The number of hydrogen-bond donors (Lipinski definition) is 1. The van der Waals surface area contributed by atoms with Gasteiger partial charge in [-0.25, -0.2) is 4.98 Å². The van der Waals surface area contributed by atoms with Crippen LogP contribution in [0, 0.1) is 6.92 Å². The van der Waals surface area contributed by atoms with Crippen LogP contribution in [-0.4, -0.2) is 25.4 Å². The molecule has 5 nitrogen and oxygen atoms in total. The van der Waals surface area contributed by atoms with Gasteiger partial charge in [-0.1, -0.05) is 0 Å². The first-order chi connectivity index (χ1) is 8.15. The number of imidazole rings is 1. The summed E-state index contributed by atoms with van der Waals surface area (Å²) in [5, 5.41) is 7.81. The highest BCUT2D eigenvalue weighted by molar-refractivity contribution is 5.08. The smallest absolute Gasteiger partial charge is 0.0946 e. The van der Waals surface area contributed by atoms with Crippen molar-refractivity contribution < 1.29 is 0 Å². The van der Waals surface area contributed by atoms with Crippen LogP contribution in [0.4, 0.5) is 0 Å². The molecule has 0 saturated carbocycles. The fourth-order valence-electron chi connectivity index (χ4n) is 1.88. The summed E-state index contributed by atoms with van der Waals surface area (Å²) in [4.78, 5) is 4.03. The van der Waals surface area contributed by atoms with Crippen molar-refractivity contribution in [2.24, 2.45) is 7.05 Å². The largest absolute Gasteiger partial charge is 0.336 e. The van der Waals surface area contributed by atoms with E-state index in [-0.39, 0.29) is 0 Å². The first-order valence-corrected chi connectivity index (χ1v) is 5.84. The van der Waals surface area contributed by atoms with Gasteiger partial charge in [0.25, 0.3) is 0 Å². The van der Waals surface area contributed by atoms with Crippen molar-refractivity contribution in [3.63, 3.8) is 0 Å². The monoisotopic (exact) mass is 233 g/mol. The first kappa shape index (κ1) is 11.9. The van der Waals surface area contributed by atoms with Crippen LogP contribution < -0.4 is 5.32 Å². The van der Waals surface area contributed by atoms with Crippen molar-refractivity contribution in [1.29, 1.82) is 0 Å². The zero-order chi connectivity index (χ0) is 12.3. The second kappa shape index (κ2) is 5.14. The van der Waals surface area contributed by atoms with Crippen LogP contribution in [0.3, 0.4) is 0 Å².